The Morgan fingerprint density at radius 1 is 1.32 bits per heavy atom. The molecular formula is C13H19N3O6. The zero-order valence-electron chi connectivity index (χ0n) is 12.3. The lowest BCUT2D eigenvalue weighted by Crippen LogP contribution is -2.46. The van der Waals surface area contributed by atoms with E-state index in [0.29, 0.717) is 18.3 Å². The molecule has 1 aromatic rings. The van der Waals surface area contributed by atoms with Gasteiger partial charge >= 0.3 is 11.9 Å². The second-order valence-electron chi connectivity index (χ2n) is 5.34. The molecule has 4 heterocycles. The van der Waals surface area contributed by atoms with E-state index in [-0.39, 0.29) is 0 Å². The van der Waals surface area contributed by atoms with Gasteiger partial charge in [0.15, 0.2) is 5.82 Å². The van der Waals surface area contributed by atoms with E-state index in [0.717, 1.165) is 18.4 Å². The molecule has 0 aromatic carbocycles. The third-order valence-corrected chi connectivity index (χ3v) is 3.91. The van der Waals surface area contributed by atoms with Gasteiger partial charge in [-0.2, -0.15) is 4.98 Å². The van der Waals surface area contributed by atoms with Crippen LogP contribution >= 0.6 is 0 Å². The summed E-state index contributed by atoms with van der Waals surface area (Å²) in [5.74, 6) is -0.998. The SMILES string of the molecule is COCc1noc(C2CN3CCC2CC3)n1.O=C(O)C(=O)O. The Kier molecular flexibility index (Phi) is 5.45. The number of nitrogens with zero attached hydrogens (tertiary/aromatic N) is 3. The highest BCUT2D eigenvalue weighted by atomic mass is 16.5. The summed E-state index contributed by atoms with van der Waals surface area (Å²) in [6, 6.07) is 0. The predicted molar refractivity (Wildman–Crippen MR) is 72.2 cm³/mol. The highest BCUT2D eigenvalue weighted by molar-refractivity contribution is 6.27. The summed E-state index contributed by atoms with van der Waals surface area (Å²) in [7, 11) is 1.64. The molecule has 1 unspecified atom stereocenters. The Bertz CT molecular complexity index is 512. The van der Waals surface area contributed by atoms with Crippen molar-refractivity contribution in [3.63, 3.8) is 0 Å². The molecule has 22 heavy (non-hydrogen) atoms. The zero-order valence-corrected chi connectivity index (χ0v) is 12.3. The number of methoxy groups -OCH3 is 1. The number of carboxylic acids is 2. The molecule has 2 N–H and O–H groups in total. The van der Waals surface area contributed by atoms with Gasteiger partial charge in [-0.1, -0.05) is 5.16 Å². The standard InChI is InChI=1S/C11H17N3O2.C2H2O4/c1-15-7-10-12-11(16-13-10)9-6-14-4-2-8(9)3-5-14;3-1(4)2(5)6/h8-9H,2-7H2,1H3;(H,3,4)(H,5,6). The van der Waals surface area contributed by atoms with Crippen LogP contribution in [0.2, 0.25) is 0 Å². The van der Waals surface area contributed by atoms with E-state index in [9.17, 15) is 0 Å². The molecule has 4 rings (SSSR count). The van der Waals surface area contributed by atoms with E-state index in [1.165, 1.54) is 25.9 Å². The molecule has 3 saturated heterocycles. The minimum atomic E-state index is -1.82. The molecule has 3 aliphatic rings. The third kappa shape index (κ3) is 4.01. The molecule has 3 aliphatic heterocycles. The Morgan fingerprint density at radius 2 is 1.95 bits per heavy atom. The quantitative estimate of drug-likeness (QED) is 0.751. The Hall–Kier alpha value is -2.00. The van der Waals surface area contributed by atoms with Gasteiger partial charge in [0.25, 0.3) is 0 Å². The summed E-state index contributed by atoms with van der Waals surface area (Å²) < 4.78 is 10.3. The molecule has 122 valence electrons. The van der Waals surface area contributed by atoms with Crippen LogP contribution in [0.25, 0.3) is 0 Å². The fourth-order valence-electron chi connectivity index (χ4n) is 2.85. The lowest BCUT2D eigenvalue weighted by Gasteiger charge is -2.43. The molecule has 1 aromatic heterocycles. The maximum absolute atomic E-state index is 9.10. The van der Waals surface area contributed by atoms with Gasteiger partial charge in [-0.05, 0) is 31.8 Å². The fraction of sp³-hybridized carbons (Fsp3) is 0.692. The van der Waals surface area contributed by atoms with Crippen molar-refractivity contribution >= 4 is 11.9 Å². The number of ether oxygens (including phenoxy) is 1. The van der Waals surface area contributed by atoms with Crippen LogP contribution in [0, 0.1) is 5.92 Å². The fourth-order valence-corrected chi connectivity index (χ4v) is 2.85. The molecule has 0 amide bonds. The zero-order chi connectivity index (χ0) is 16.1. The van der Waals surface area contributed by atoms with E-state index < -0.39 is 11.9 Å². The maximum atomic E-state index is 9.10. The number of carboxylic acid groups (broad SMARTS) is 2. The summed E-state index contributed by atoms with van der Waals surface area (Å²) in [5.41, 5.74) is 0. The van der Waals surface area contributed by atoms with Gasteiger partial charge in [0.1, 0.15) is 6.61 Å². The van der Waals surface area contributed by atoms with Crippen molar-refractivity contribution < 1.29 is 29.1 Å². The Morgan fingerprint density at radius 3 is 2.41 bits per heavy atom. The van der Waals surface area contributed by atoms with Gasteiger partial charge in [0.2, 0.25) is 5.89 Å². The first-order valence-electron chi connectivity index (χ1n) is 7.01. The van der Waals surface area contributed by atoms with Gasteiger partial charge < -0.3 is 24.4 Å². The second-order valence-corrected chi connectivity index (χ2v) is 5.34. The molecule has 0 aliphatic carbocycles. The normalized spacial score (nSPS) is 26.1. The molecule has 0 saturated carbocycles. The first-order valence-corrected chi connectivity index (χ1v) is 7.01. The average molecular weight is 313 g/mol. The lowest BCUT2D eigenvalue weighted by molar-refractivity contribution is -0.159. The molecule has 9 nitrogen and oxygen atoms in total. The van der Waals surface area contributed by atoms with Crippen molar-refractivity contribution in [1.82, 2.24) is 15.0 Å². The number of piperidine rings is 3. The summed E-state index contributed by atoms with van der Waals surface area (Å²) in [6.07, 6.45) is 2.54. The van der Waals surface area contributed by atoms with E-state index in [2.05, 4.69) is 15.0 Å². The van der Waals surface area contributed by atoms with E-state index in [1.54, 1.807) is 7.11 Å². The first kappa shape index (κ1) is 16.4. The topological polar surface area (TPSA) is 126 Å². The van der Waals surface area contributed by atoms with Crippen LogP contribution in [-0.4, -0.2) is 63.9 Å². The number of hydrogen-bond donors (Lipinski definition) is 2. The van der Waals surface area contributed by atoms with Gasteiger partial charge in [-0.15, -0.1) is 0 Å². The van der Waals surface area contributed by atoms with Crippen LogP contribution in [0.4, 0.5) is 0 Å². The maximum Gasteiger partial charge on any atom is 0.414 e. The number of fused-ring (bicyclic) bond motifs is 3. The van der Waals surface area contributed by atoms with Crippen LogP contribution in [-0.2, 0) is 20.9 Å². The van der Waals surface area contributed by atoms with Crippen LogP contribution in [0.5, 0.6) is 0 Å². The lowest BCUT2D eigenvalue weighted by atomic mass is 9.79. The third-order valence-electron chi connectivity index (χ3n) is 3.91. The number of rotatable bonds is 3. The Labute approximate surface area is 126 Å². The van der Waals surface area contributed by atoms with Crippen LogP contribution < -0.4 is 0 Å². The molecular weight excluding hydrogens is 294 g/mol. The van der Waals surface area contributed by atoms with Gasteiger partial charge in [-0.3, -0.25) is 0 Å². The number of carbonyl (C=O) groups is 2. The summed E-state index contributed by atoms with van der Waals surface area (Å²) >= 11 is 0. The van der Waals surface area contributed by atoms with Gasteiger partial charge in [0.05, 0.1) is 5.92 Å². The average Bonchev–Trinajstić information content (AvgIpc) is 2.98. The largest absolute Gasteiger partial charge is 0.473 e. The number of aromatic nitrogens is 2. The highest BCUT2D eigenvalue weighted by Gasteiger charge is 2.38. The minimum Gasteiger partial charge on any atom is -0.473 e. The minimum absolute atomic E-state index is 0.435. The van der Waals surface area contributed by atoms with Crippen molar-refractivity contribution in [2.24, 2.45) is 5.92 Å². The number of aliphatic carboxylic acids is 2. The number of hydrogen-bond acceptors (Lipinski definition) is 7. The molecule has 3 fully saturated rings. The van der Waals surface area contributed by atoms with Crippen molar-refractivity contribution in [2.45, 2.75) is 25.4 Å². The smallest absolute Gasteiger partial charge is 0.414 e. The molecule has 9 heteroatoms. The molecule has 2 bridgehead atoms. The van der Waals surface area contributed by atoms with Crippen LogP contribution in [0.3, 0.4) is 0 Å². The van der Waals surface area contributed by atoms with E-state index >= 15 is 0 Å². The predicted octanol–water partition coefficient (Wildman–Crippen LogP) is 0.181. The Balaban J connectivity index is 0.000000254. The van der Waals surface area contributed by atoms with Crippen LogP contribution in [0.1, 0.15) is 30.5 Å². The van der Waals surface area contributed by atoms with Gasteiger partial charge in [-0.25, -0.2) is 9.59 Å². The summed E-state index contributed by atoms with van der Waals surface area (Å²) in [6.45, 7) is 3.99. The van der Waals surface area contributed by atoms with Crippen molar-refractivity contribution in [2.75, 3.05) is 26.7 Å². The molecule has 0 spiro atoms. The monoisotopic (exact) mass is 313 g/mol. The molecule has 0 radical (unpaired) electrons. The van der Waals surface area contributed by atoms with Crippen molar-refractivity contribution in [1.29, 1.82) is 0 Å². The molecule has 1 atom stereocenters. The van der Waals surface area contributed by atoms with E-state index in [1.807, 2.05) is 0 Å². The van der Waals surface area contributed by atoms with Crippen molar-refractivity contribution in [3.8, 4) is 0 Å². The first-order chi connectivity index (χ1) is 10.5. The second kappa shape index (κ2) is 7.32. The van der Waals surface area contributed by atoms with Crippen molar-refractivity contribution in [3.05, 3.63) is 11.7 Å². The summed E-state index contributed by atoms with van der Waals surface area (Å²) in [4.78, 5) is 25.1. The van der Waals surface area contributed by atoms with Crippen LogP contribution in [0.15, 0.2) is 4.52 Å². The van der Waals surface area contributed by atoms with Gasteiger partial charge in [0, 0.05) is 13.7 Å². The van der Waals surface area contributed by atoms with E-state index in [4.69, 9.17) is 29.1 Å². The summed E-state index contributed by atoms with van der Waals surface area (Å²) in [5, 5.41) is 18.7. The highest BCUT2D eigenvalue weighted by Crippen LogP contribution is 2.38.